The van der Waals surface area contributed by atoms with Crippen LogP contribution >= 0.6 is 0 Å². The minimum absolute atomic E-state index is 0.0450. The van der Waals surface area contributed by atoms with Crippen LogP contribution < -0.4 is 5.32 Å². The predicted octanol–water partition coefficient (Wildman–Crippen LogP) is 5.09. The number of aliphatic imine (C=N–C) groups is 1. The summed E-state index contributed by atoms with van der Waals surface area (Å²) >= 11 is 0. The lowest BCUT2D eigenvalue weighted by Crippen LogP contribution is -1.93. The largest absolute Gasteiger partial charge is 0.356 e. The molecule has 0 amide bonds. The molecule has 0 bridgehead atoms. The van der Waals surface area contributed by atoms with E-state index in [0.717, 1.165) is 17.1 Å². The van der Waals surface area contributed by atoms with Gasteiger partial charge in [-0.1, -0.05) is 30.3 Å². The normalized spacial score (nSPS) is 10.7. The quantitative estimate of drug-likeness (QED) is 0.405. The van der Waals surface area contributed by atoms with Crippen LogP contribution in [0.4, 0.5) is 22.7 Å². The minimum Gasteiger partial charge on any atom is -0.356 e. The van der Waals surface area contributed by atoms with Crippen molar-refractivity contribution in [2.45, 2.75) is 0 Å². The molecule has 0 aliphatic carbocycles. The number of nitrogens with one attached hydrogen (secondary N) is 1. The van der Waals surface area contributed by atoms with Gasteiger partial charge in [-0.05, 0) is 42.5 Å². The molecule has 5 heteroatoms. The van der Waals surface area contributed by atoms with E-state index in [0.29, 0.717) is 5.56 Å². The first-order chi connectivity index (χ1) is 11.7. The van der Waals surface area contributed by atoms with E-state index >= 15 is 0 Å². The third-order valence-corrected chi connectivity index (χ3v) is 3.42. The van der Waals surface area contributed by atoms with E-state index in [2.05, 4.69) is 10.3 Å². The molecule has 0 fully saturated rings. The Balaban J connectivity index is 1.74. The van der Waals surface area contributed by atoms with Crippen LogP contribution in [-0.4, -0.2) is 11.1 Å². The highest BCUT2D eigenvalue weighted by molar-refractivity contribution is 5.87. The number of nitro groups is 1. The fourth-order valence-electron chi connectivity index (χ4n) is 2.23. The Hall–Kier alpha value is -3.47. The summed E-state index contributed by atoms with van der Waals surface area (Å²) < 4.78 is 0. The van der Waals surface area contributed by atoms with Crippen molar-refractivity contribution in [2.75, 3.05) is 5.32 Å². The molecule has 0 saturated carbocycles. The molecule has 0 atom stereocenters. The molecule has 3 rings (SSSR count). The van der Waals surface area contributed by atoms with Crippen LogP contribution in [0.1, 0.15) is 5.56 Å². The zero-order valence-electron chi connectivity index (χ0n) is 12.8. The third-order valence-electron chi connectivity index (χ3n) is 3.42. The van der Waals surface area contributed by atoms with Crippen molar-refractivity contribution in [3.05, 3.63) is 94.5 Å². The molecular formula is C19H15N3O2. The van der Waals surface area contributed by atoms with Gasteiger partial charge < -0.3 is 5.32 Å². The summed E-state index contributed by atoms with van der Waals surface area (Å²) in [5.41, 5.74) is 3.21. The fourth-order valence-corrected chi connectivity index (χ4v) is 2.23. The number of para-hydroxylation sites is 2. The highest BCUT2D eigenvalue weighted by Gasteiger charge is 2.09. The second-order valence-electron chi connectivity index (χ2n) is 5.11. The summed E-state index contributed by atoms with van der Waals surface area (Å²) in [6.07, 6.45) is 1.51. The Labute approximate surface area is 139 Å². The molecule has 0 aliphatic rings. The second-order valence-corrected chi connectivity index (χ2v) is 5.11. The molecule has 3 aromatic carbocycles. The summed E-state index contributed by atoms with van der Waals surface area (Å²) in [6.45, 7) is 0. The van der Waals surface area contributed by atoms with Crippen LogP contribution in [-0.2, 0) is 0 Å². The SMILES string of the molecule is O=[N+]([O-])c1ccccc1C=Nc1ccc(Nc2ccccc2)cc1. The number of hydrogen-bond donors (Lipinski definition) is 1. The van der Waals surface area contributed by atoms with Crippen LogP contribution in [0.25, 0.3) is 0 Å². The maximum Gasteiger partial charge on any atom is 0.278 e. The van der Waals surface area contributed by atoms with Crippen molar-refractivity contribution >= 4 is 29.0 Å². The van der Waals surface area contributed by atoms with E-state index in [9.17, 15) is 10.1 Å². The van der Waals surface area contributed by atoms with Gasteiger partial charge in [-0.15, -0.1) is 0 Å². The van der Waals surface area contributed by atoms with Gasteiger partial charge in [-0.25, -0.2) is 0 Å². The monoisotopic (exact) mass is 317 g/mol. The topological polar surface area (TPSA) is 67.5 Å². The maximum atomic E-state index is 11.0. The fraction of sp³-hybridized carbons (Fsp3) is 0. The van der Waals surface area contributed by atoms with Gasteiger partial charge in [0.1, 0.15) is 0 Å². The lowest BCUT2D eigenvalue weighted by atomic mass is 10.2. The molecule has 0 radical (unpaired) electrons. The number of hydrogen-bond acceptors (Lipinski definition) is 4. The second kappa shape index (κ2) is 7.19. The highest BCUT2D eigenvalue weighted by Crippen LogP contribution is 2.21. The Morgan fingerprint density at radius 3 is 2.17 bits per heavy atom. The molecule has 0 aliphatic heterocycles. The van der Waals surface area contributed by atoms with Gasteiger partial charge in [0.2, 0.25) is 0 Å². The number of rotatable bonds is 5. The van der Waals surface area contributed by atoms with Crippen LogP contribution in [0.5, 0.6) is 0 Å². The highest BCUT2D eigenvalue weighted by atomic mass is 16.6. The van der Waals surface area contributed by atoms with Crippen molar-refractivity contribution in [3.63, 3.8) is 0 Å². The van der Waals surface area contributed by atoms with Crippen molar-refractivity contribution in [1.29, 1.82) is 0 Å². The predicted molar refractivity (Wildman–Crippen MR) is 96.5 cm³/mol. The lowest BCUT2D eigenvalue weighted by Gasteiger charge is -2.06. The molecule has 24 heavy (non-hydrogen) atoms. The molecule has 0 heterocycles. The van der Waals surface area contributed by atoms with Crippen molar-refractivity contribution in [3.8, 4) is 0 Å². The van der Waals surface area contributed by atoms with E-state index in [-0.39, 0.29) is 5.69 Å². The van der Waals surface area contributed by atoms with Crippen LogP contribution in [0.3, 0.4) is 0 Å². The zero-order valence-corrected chi connectivity index (χ0v) is 12.8. The van der Waals surface area contributed by atoms with E-state index in [1.54, 1.807) is 18.2 Å². The van der Waals surface area contributed by atoms with Crippen LogP contribution in [0.2, 0.25) is 0 Å². The molecule has 118 valence electrons. The minimum atomic E-state index is -0.409. The van der Waals surface area contributed by atoms with Gasteiger partial charge in [0.25, 0.3) is 5.69 Å². The summed E-state index contributed by atoms with van der Waals surface area (Å²) in [5, 5.41) is 14.3. The Bertz CT molecular complexity index is 859. The van der Waals surface area contributed by atoms with E-state index in [1.807, 2.05) is 54.6 Å². The van der Waals surface area contributed by atoms with Gasteiger partial charge >= 0.3 is 0 Å². The van der Waals surface area contributed by atoms with Crippen molar-refractivity contribution < 1.29 is 4.92 Å². The molecule has 1 N–H and O–H groups in total. The Kier molecular flexibility index (Phi) is 4.62. The number of nitrogens with zero attached hydrogens (tertiary/aromatic N) is 2. The smallest absolute Gasteiger partial charge is 0.278 e. The molecule has 0 saturated heterocycles. The number of anilines is 2. The van der Waals surface area contributed by atoms with Gasteiger partial charge in [-0.2, -0.15) is 0 Å². The van der Waals surface area contributed by atoms with Gasteiger partial charge in [-0.3, -0.25) is 15.1 Å². The summed E-state index contributed by atoms with van der Waals surface area (Å²) in [5.74, 6) is 0. The molecule has 0 spiro atoms. The Morgan fingerprint density at radius 2 is 1.46 bits per heavy atom. The summed E-state index contributed by atoms with van der Waals surface area (Å²) in [7, 11) is 0. The first kappa shape index (κ1) is 15.4. The molecule has 3 aromatic rings. The molecule has 0 unspecified atom stereocenters. The van der Waals surface area contributed by atoms with E-state index in [1.165, 1.54) is 12.3 Å². The maximum absolute atomic E-state index is 11.0. The zero-order chi connectivity index (χ0) is 16.8. The summed E-state index contributed by atoms with van der Waals surface area (Å²) in [6, 6.07) is 23.9. The van der Waals surface area contributed by atoms with Crippen molar-refractivity contribution in [1.82, 2.24) is 0 Å². The van der Waals surface area contributed by atoms with Gasteiger partial charge in [0, 0.05) is 23.7 Å². The lowest BCUT2D eigenvalue weighted by molar-refractivity contribution is -0.385. The third kappa shape index (κ3) is 3.84. The Morgan fingerprint density at radius 1 is 0.833 bits per heavy atom. The molecule has 5 nitrogen and oxygen atoms in total. The first-order valence-electron chi connectivity index (χ1n) is 7.42. The number of nitro benzene ring substituents is 1. The van der Waals surface area contributed by atoms with E-state index < -0.39 is 4.92 Å². The first-order valence-corrected chi connectivity index (χ1v) is 7.42. The summed E-state index contributed by atoms with van der Waals surface area (Å²) in [4.78, 5) is 14.9. The standard InChI is InChI=1S/C19H15N3O2/c23-22(24)19-9-5-4-6-15(19)14-20-16-10-12-18(13-11-16)21-17-7-2-1-3-8-17/h1-14,21H. The van der Waals surface area contributed by atoms with Crippen LogP contribution in [0, 0.1) is 10.1 Å². The number of benzene rings is 3. The molecular weight excluding hydrogens is 302 g/mol. The molecule has 0 aromatic heterocycles. The average Bonchev–Trinajstić information content (AvgIpc) is 2.62. The van der Waals surface area contributed by atoms with Gasteiger partial charge in [0.05, 0.1) is 16.2 Å². The van der Waals surface area contributed by atoms with Gasteiger partial charge in [0.15, 0.2) is 0 Å². The van der Waals surface area contributed by atoms with Crippen LogP contribution in [0.15, 0.2) is 83.9 Å². The van der Waals surface area contributed by atoms with E-state index in [4.69, 9.17) is 0 Å². The van der Waals surface area contributed by atoms with Crippen molar-refractivity contribution in [2.24, 2.45) is 4.99 Å². The average molecular weight is 317 g/mol.